The first kappa shape index (κ1) is 13.4. The summed E-state index contributed by atoms with van der Waals surface area (Å²) < 4.78 is 2.64. The van der Waals surface area contributed by atoms with Crippen LogP contribution in [-0.2, 0) is 0 Å². The van der Waals surface area contributed by atoms with E-state index in [9.17, 15) is 5.21 Å². The summed E-state index contributed by atoms with van der Waals surface area (Å²) >= 11 is 0.390. The quantitative estimate of drug-likeness (QED) is 0.481. The second kappa shape index (κ2) is 6.25. The van der Waals surface area contributed by atoms with Gasteiger partial charge in [0.25, 0.3) is 0 Å². The van der Waals surface area contributed by atoms with Gasteiger partial charge in [0.1, 0.15) is 0 Å². The third-order valence-electron chi connectivity index (χ3n) is 3.60. The average molecular weight is 330 g/mol. The zero-order valence-electron chi connectivity index (χ0n) is 11.2. The van der Waals surface area contributed by atoms with E-state index in [-0.39, 0.29) is 6.04 Å². The molecule has 2 nitrogen and oxygen atoms in total. The SMILES string of the molecule is [O-][N+]1=C(c2ccccc2)CCC1C[Se]c1ccccc1. The van der Waals surface area contributed by atoms with Gasteiger partial charge >= 0.3 is 126 Å². The van der Waals surface area contributed by atoms with E-state index in [4.69, 9.17) is 0 Å². The van der Waals surface area contributed by atoms with Crippen LogP contribution in [0, 0.1) is 5.21 Å². The van der Waals surface area contributed by atoms with Crippen LogP contribution in [0.15, 0.2) is 60.7 Å². The van der Waals surface area contributed by atoms with Crippen LogP contribution in [0.25, 0.3) is 0 Å². The number of rotatable bonds is 4. The van der Waals surface area contributed by atoms with Gasteiger partial charge in [0.15, 0.2) is 0 Å². The molecule has 0 fully saturated rings. The van der Waals surface area contributed by atoms with Crippen molar-refractivity contribution in [2.24, 2.45) is 0 Å². The van der Waals surface area contributed by atoms with Gasteiger partial charge in [-0.25, -0.2) is 0 Å². The summed E-state index contributed by atoms with van der Waals surface area (Å²) in [6, 6.07) is 20.7. The number of hydrogen-bond acceptors (Lipinski definition) is 1. The van der Waals surface area contributed by atoms with Crippen molar-refractivity contribution in [2.45, 2.75) is 24.2 Å². The van der Waals surface area contributed by atoms with Crippen molar-refractivity contribution in [3.8, 4) is 0 Å². The van der Waals surface area contributed by atoms with Gasteiger partial charge in [-0.05, 0) is 0 Å². The summed E-state index contributed by atoms with van der Waals surface area (Å²) in [5, 5.41) is 13.4. The van der Waals surface area contributed by atoms with E-state index in [1.165, 1.54) is 9.20 Å². The molecule has 3 heteroatoms. The minimum absolute atomic E-state index is 0.158. The van der Waals surface area contributed by atoms with E-state index < -0.39 is 0 Å². The molecule has 102 valence electrons. The van der Waals surface area contributed by atoms with Crippen molar-refractivity contribution < 1.29 is 4.74 Å². The van der Waals surface area contributed by atoms with Gasteiger partial charge in [-0.3, -0.25) is 0 Å². The molecule has 2 aromatic rings. The molecule has 0 spiro atoms. The third-order valence-corrected chi connectivity index (χ3v) is 6.03. The van der Waals surface area contributed by atoms with E-state index in [2.05, 4.69) is 24.3 Å². The van der Waals surface area contributed by atoms with Crippen LogP contribution in [0.3, 0.4) is 0 Å². The first-order chi connectivity index (χ1) is 9.84. The molecule has 1 heterocycles. The van der Waals surface area contributed by atoms with Crippen LogP contribution in [-0.4, -0.2) is 31.4 Å². The first-order valence-electron chi connectivity index (χ1n) is 6.90. The number of benzene rings is 2. The molecule has 1 unspecified atom stereocenters. The summed E-state index contributed by atoms with van der Waals surface area (Å²) in [5.41, 5.74) is 2.04. The fourth-order valence-electron chi connectivity index (χ4n) is 2.51. The number of nitrogens with zero attached hydrogens (tertiary/aromatic N) is 1. The van der Waals surface area contributed by atoms with Crippen LogP contribution in [0.1, 0.15) is 18.4 Å². The number of hydroxylamine groups is 1. The van der Waals surface area contributed by atoms with E-state index >= 15 is 0 Å². The normalized spacial score (nSPS) is 18.5. The van der Waals surface area contributed by atoms with Crippen molar-refractivity contribution in [3.63, 3.8) is 0 Å². The molecule has 0 radical (unpaired) electrons. The summed E-state index contributed by atoms with van der Waals surface area (Å²) in [7, 11) is 0. The molecule has 0 aromatic heterocycles. The first-order valence-corrected chi connectivity index (χ1v) is 8.97. The standard InChI is InChI=1S/C17H17NOSe/c19-18-15(13-20-16-9-5-2-6-10-16)11-12-17(18)14-7-3-1-4-8-14/h1-10,15H,11-13H2. The van der Waals surface area contributed by atoms with E-state index in [1.54, 1.807) is 0 Å². The van der Waals surface area contributed by atoms with Gasteiger partial charge in [-0.1, -0.05) is 0 Å². The molecule has 2 aromatic carbocycles. The van der Waals surface area contributed by atoms with Crippen molar-refractivity contribution in [1.82, 2.24) is 0 Å². The van der Waals surface area contributed by atoms with Crippen molar-refractivity contribution in [3.05, 3.63) is 71.4 Å². The average Bonchev–Trinajstić information content (AvgIpc) is 2.88. The van der Waals surface area contributed by atoms with Gasteiger partial charge in [0, 0.05) is 0 Å². The Hall–Kier alpha value is -1.57. The molecular weight excluding hydrogens is 313 g/mol. The number of hydrogen-bond donors (Lipinski definition) is 0. The topological polar surface area (TPSA) is 26.1 Å². The summed E-state index contributed by atoms with van der Waals surface area (Å²) in [4.78, 5) is 0. The molecule has 0 aliphatic carbocycles. The molecular formula is C17H17NOSe. The monoisotopic (exact) mass is 331 g/mol. The van der Waals surface area contributed by atoms with Gasteiger partial charge in [0.2, 0.25) is 0 Å². The van der Waals surface area contributed by atoms with E-state index in [0.29, 0.717) is 15.0 Å². The maximum atomic E-state index is 12.4. The summed E-state index contributed by atoms with van der Waals surface area (Å²) in [5.74, 6) is 0. The fourth-order valence-corrected chi connectivity index (χ4v) is 4.69. The Morgan fingerprint density at radius 3 is 2.35 bits per heavy atom. The molecule has 3 rings (SSSR count). The fraction of sp³-hybridized carbons (Fsp3) is 0.235. The molecule has 0 amide bonds. The third kappa shape index (κ3) is 2.95. The van der Waals surface area contributed by atoms with Gasteiger partial charge in [-0.15, -0.1) is 0 Å². The molecule has 20 heavy (non-hydrogen) atoms. The van der Waals surface area contributed by atoms with E-state index in [1.807, 2.05) is 36.4 Å². The van der Waals surface area contributed by atoms with E-state index in [0.717, 1.165) is 29.4 Å². The summed E-state index contributed by atoms with van der Waals surface area (Å²) in [6.07, 6.45) is 1.89. The molecule has 0 bridgehead atoms. The van der Waals surface area contributed by atoms with Crippen LogP contribution >= 0.6 is 0 Å². The Kier molecular flexibility index (Phi) is 4.19. The van der Waals surface area contributed by atoms with Gasteiger partial charge < -0.3 is 0 Å². The Labute approximate surface area is 125 Å². The second-order valence-electron chi connectivity index (χ2n) is 4.96. The van der Waals surface area contributed by atoms with Crippen molar-refractivity contribution in [2.75, 3.05) is 0 Å². The van der Waals surface area contributed by atoms with Gasteiger partial charge in [0.05, 0.1) is 0 Å². The molecule has 1 aliphatic heterocycles. The van der Waals surface area contributed by atoms with Gasteiger partial charge in [-0.2, -0.15) is 0 Å². The van der Waals surface area contributed by atoms with Crippen molar-refractivity contribution in [1.29, 1.82) is 0 Å². The van der Waals surface area contributed by atoms with Crippen molar-refractivity contribution >= 4 is 25.1 Å². The Bertz CT molecular complexity index is 595. The minimum atomic E-state index is 0.158. The molecule has 1 atom stereocenters. The zero-order valence-corrected chi connectivity index (χ0v) is 12.9. The predicted octanol–water partition coefficient (Wildman–Crippen LogP) is 2.60. The maximum absolute atomic E-state index is 12.4. The molecule has 0 saturated carbocycles. The predicted molar refractivity (Wildman–Crippen MR) is 83.8 cm³/mol. The Morgan fingerprint density at radius 1 is 1.00 bits per heavy atom. The second-order valence-corrected chi connectivity index (χ2v) is 7.25. The Balaban J connectivity index is 1.69. The van der Waals surface area contributed by atoms with Crippen LogP contribution in [0.5, 0.6) is 0 Å². The zero-order chi connectivity index (χ0) is 13.8. The molecule has 1 aliphatic rings. The van der Waals surface area contributed by atoms with Crippen LogP contribution in [0.4, 0.5) is 0 Å². The Morgan fingerprint density at radius 2 is 1.65 bits per heavy atom. The van der Waals surface area contributed by atoms with Crippen LogP contribution < -0.4 is 4.46 Å². The summed E-state index contributed by atoms with van der Waals surface area (Å²) in [6.45, 7) is 0. The molecule has 0 N–H and O–H groups in total. The molecule has 0 saturated heterocycles. The van der Waals surface area contributed by atoms with Crippen LogP contribution in [0.2, 0.25) is 5.32 Å².